The number of hydrogen-bond donors (Lipinski definition) is 0. The van der Waals surface area contributed by atoms with Crippen molar-refractivity contribution in [2.24, 2.45) is 4.99 Å². The van der Waals surface area contributed by atoms with Gasteiger partial charge in [-0.05, 0) is 37.5 Å². The highest BCUT2D eigenvalue weighted by Crippen LogP contribution is 2.32. The minimum Gasteiger partial charge on any atom is -0.474 e. The van der Waals surface area contributed by atoms with Crippen LogP contribution in [0, 0.1) is 6.92 Å². The highest BCUT2D eigenvalue weighted by atomic mass is 16.5. The van der Waals surface area contributed by atoms with Gasteiger partial charge in [0.1, 0.15) is 6.10 Å². The van der Waals surface area contributed by atoms with Gasteiger partial charge in [0.2, 0.25) is 5.90 Å². The molecule has 0 amide bonds. The van der Waals surface area contributed by atoms with Crippen molar-refractivity contribution in [2.45, 2.75) is 142 Å². The second-order valence-electron chi connectivity index (χ2n) is 11.3. The lowest BCUT2D eigenvalue weighted by Gasteiger charge is -2.29. The van der Waals surface area contributed by atoms with Crippen molar-refractivity contribution in [1.29, 1.82) is 0 Å². The normalized spacial score (nSPS) is 17.4. The molecule has 3 rings (SSSR count). The van der Waals surface area contributed by atoms with Gasteiger partial charge in [-0.3, -0.25) is 0 Å². The first-order valence-electron chi connectivity index (χ1n) is 15.6. The van der Waals surface area contributed by atoms with Gasteiger partial charge in [0.05, 0.1) is 6.04 Å². The maximum absolute atomic E-state index is 6.42. The molecule has 0 bridgehead atoms. The summed E-state index contributed by atoms with van der Waals surface area (Å²) in [5.41, 5.74) is 3.70. The van der Waals surface area contributed by atoms with Gasteiger partial charge in [0, 0.05) is 12.0 Å². The van der Waals surface area contributed by atoms with E-state index in [1.165, 1.54) is 114 Å². The van der Waals surface area contributed by atoms with Gasteiger partial charge in [0.25, 0.3) is 0 Å². The number of hydrogen-bond acceptors (Lipinski definition) is 2. The number of ether oxygens (including phenoxy) is 1. The van der Waals surface area contributed by atoms with E-state index in [1.807, 2.05) is 0 Å². The molecule has 1 heterocycles. The minimum absolute atomic E-state index is 0.190. The molecule has 1 aliphatic heterocycles. The Labute approximate surface area is 228 Å². The first-order valence-corrected chi connectivity index (χ1v) is 15.6. The van der Waals surface area contributed by atoms with Crippen LogP contribution in [0.2, 0.25) is 0 Å². The summed E-state index contributed by atoms with van der Waals surface area (Å²) in [6, 6.07) is 19.5. The van der Waals surface area contributed by atoms with Crippen molar-refractivity contribution >= 4 is 5.90 Å². The molecule has 0 N–H and O–H groups in total. The number of aryl methyl sites for hydroxylation is 1. The van der Waals surface area contributed by atoms with Crippen molar-refractivity contribution in [3.63, 3.8) is 0 Å². The largest absolute Gasteiger partial charge is 0.474 e. The molecule has 0 aliphatic carbocycles. The average molecular weight is 504 g/mol. The SMILES string of the molecule is CCCCCCCCCCCCCCCCCC[C@H]1C[C@H](c2ccc(C)cc2)N=C(c2ccccc2)O1. The molecule has 0 spiro atoms. The molecule has 0 saturated carbocycles. The lowest BCUT2D eigenvalue weighted by Crippen LogP contribution is -2.27. The average Bonchev–Trinajstić information content (AvgIpc) is 2.93. The highest BCUT2D eigenvalue weighted by Gasteiger charge is 2.26. The first-order chi connectivity index (χ1) is 18.3. The monoisotopic (exact) mass is 503 g/mol. The summed E-state index contributed by atoms with van der Waals surface area (Å²) in [6.07, 6.45) is 24.9. The van der Waals surface area contributed by atoms with E-state index in [2.05, 4.69) is 68.4 Å². The lowest BCUT2D eigenvalue weighted by atomic mass is 9.95. The van der Waals surface area contributed by atoms with Crippen LogP contribution in [0.3, 0.4) is 0 Å². The third-order valence-corrected chi connectivity index (χ3v) is 7.90. The van der Waals surface area contributed by atoms with Gasteiger partial charge in [-0.15, -0.1) is 0 Å². The Morgan fingerprint density at radius 2 is 1.16 bits per heavy atom. The minimum atomic E-state index is 0.190. The summed E-state index contributed by atoms with van der Waals surface area (Å²) < 4.78 is 6.42. The number of unbranched alkanes of at least 4 members (excludes halogenated alkanes) is 15. The van der Waals surface area contributed by atoms with Gasteiger partial charge < -0.3 is 4.74 Å². The van der Waals surface area contributed by atoms with Crippen molar-refractivity contribution in [3.05, 3.63) is 71.3 Å². The van der Waals surface area contributed by atoms with Crippen LogP contribution in [0.15, 0.2) is 59.6 Å². The Kier molecular flexibility index (Phi) is 14.5. The van der Waals surface area contributed by atoms with Crippen molar-refractivity contribution in [1.82, 2.24) is 0 Å². The van der Waals surface area contributed by atoms with Gasteiger partial charge in [-0.1, -0.05) is 151 Å². The lowest BCUT2D eigenvalue weighted by molar-refractivity contribution is 0.138. The van der Waals surface area contributed by atoms with Crippen LogP contribution in [0.1, 0.15) is 145 Å². The second kappa shape index (κ2) is 18.2. The Morgan fingerprint density at radius 1 is 0.649 bits per heavy atom. The van der Waals surface area contributed by atoms with Crippen molar-refractivity contribution in [3.8, 4) is 0 Å². The summed E-state index contributed by atoms with van der Waals surface area (Å²) >= 11 is 0. The van der Waals surface area contributed by atoms with E-state index in [9.17, 15) is 0 Å². The zero-order chi connectivity index (χ0) is 26.0. The number of nitrogens with zero attached hydrogens (tertiary/aromatic N) is 1. The Bertz CT molecular complexity index is 857. The number of benzene rings is 2. The fourth-order valence-electron chi connectivity index (χ4n) is 5.50. The zero-order valence-corrected chi connectivity index (χ0v) is 23.9. The molecule has 2 aromatic rings. The second-order valence-corrected chi connectivity index (χ2v) is 11.3. The molecule has 1 aliphatic rings. The topological polar surface area (TPSA) is 21.6 Å². The molecule has 0 radical (unpaired) electrons. The third kappa shape index (κ3) is 11.9. The van der Waals surface area contributed by atoms with E-state index in [0.29, 0.717) is 0 Å². The quantitative estimate of drug-likeness (QED) is 0.175. The zero-order valence-electron chi connectivity index (χ0n) is 23.9. The van der Waals surface area contributed by atoms with Crippen LogP contribution in [0.4, 0.5) is 0 Å². The summed E-state index contributed by atoms with van der Waals surface area (Å²) in [5.74, 6) is 0.818. The van der Waals surface area contributed by atoms with Crippen LogP contribution in [-0.4, -0.2) is 12.0 Å². The Balaban J connectivity index is 1.27. The van der Waals surface area contributed by atoms with Crippen LogP contribution >= 0.6 is 0 Å². The molecule has 2 atom stereocenters. The molecule has 2 heteroatoms. The molecule has 2 aromatic carbocycles. The van der Waals surface area contributed by atoms with E-state index < -0.39 is 0 Å². The van der Waals surface area contributed by atoms with Gasteiger partial charge >= 0.3 is 0 Å². The predicted octanol–water partition coefficient (Wildman–Crippen LogP) is 10.9. The van der Waals surface area contributed by atoms with Crippen molar-refractivity contribution < 1.29 is 4.74 Å². The standard InChI is InChI=1S/C35H53NO/c1-3-4-5-6-7-8-9-10-11-12-13-14-15-16-17-21-24-33-29-34(31-27-25-30(2)26-28-31)36-35(37-33)32-22-19-18-20-23-32/h18-20,22-23,25-28,33-34H,3-17,21,24,29H2,1-2H3/t33-,34+/m0/s1. The van der Waals surface area contributed by atoms with Gasteiger partial charge in [-0.2, -0.15) is 0 Å². The molecule has 0 fully saturated rings. The summed E-state index contributed by atoms with van der Waals surface area (Å²) in [4.78, 5) is 5.02. The molecule has 37 heavy (non-hydrogen) atoms. The molecule has 204 valence electrons. The van der Waals surface area contributed by atoms with E-state index in [1.54, 1.807) is 0 Å². The summed E-state index contributed by atoms with van der Waals surface area (Å²) in [6.45, 7) is 4.44. The maximum Gasteiger partial charge on any atom is 0.216 e. The van der Waals surface area contributed by atoms with E-state index in [0.717, 1.165) is 24.3 Å². The van der Waals surface area contributed by atoms with E-state index in [-0.39, 0.29) is 12.1 Å². The van der Waals surface area contributed by atoms with Crippen LogP contribution in [0.5, 0.6) is 0 Å². The molecule has 2 nitrogen and oxygen atoms in total. The summed E-state index contributed by atoms with van der Waals surface area (Å²) in [5, 5.41) is 0. The highest BCUT2D eigenvalue weighted by molar-refractivity contribution is 5.94. The van der Waals surface area contributed by atoms with Crippen LogP contribution in [-0.2, 0) is 4.74 Å². The molecular formula is C35H53NO. The van der Waals surface area contributed by atoms with Crippen LogP contribution < -0.4 is 0 Å². The molecule has 0 unspecified atom stereocenters. The smallest absolute Gasteiger partial charge is 0.216 e. The molecule has 0 aromatic heterocycles. The number of rotatable bonds is 19. The predicted molar refractivity (Wildman–Crippen MR) is 161 cm³/mol. The Hall–Kier alpha value is -2.09. The fourth-order valence-corrected chi connectivity index (χ4v) is 5.50. The molecular weight excluding hydrogens is 450 g/mol. The number of aliphatic imine (C=N–C) groups is 1. The fraction of sp³-hybridized carbons (Fsp3) is 0.629. The first kappa shape index (κ1) is 29.5. The Morgan fingerprint density at radius 3 is 1.70 bits per heavy atom. The molecule has 0 saturated heterocycles. The summed E-state index contributed by atoms with van der Waals surface area (Å²) in [7, 11) is 0. The van der Waals surface area contributed by atoms with Crippen LogP contribution in [0.25, 0.3) is 0 Å². The maximum atomic E-state index is 6.42. The van der Waals surface area contributed by atoms with E-state index >= 15 is 0 Å². The van der Waals surface area contributed by atoms with Gasteiger partial charge in [-0.25, -0.2) is 4.99 Å². The van der Waals surface area contributed by atoms with E-state index in [4.69, 9.17) is 9.73 Å². The van der Waals surface area contributed by atoms with Gasteiger partial charge in [0.15, 0.2) is 0 Å². The van der Waals surface area contributed by atoms with Crippen molar-refractivity contribution in [2.75, 3.05) is 0 Å². The third-order valence-electron chi connectivity index (χ3n) is 7.90.